The highest BCUT2D eigenvalue weighted by atomic mass is 35.5. The van der Waals surface area contributed by atoms with Crippen LogP contribution in [0.15, 0.2) is 24.3 Å². The Labute approximate surface area is 141 Å². The van der Waals surface area contributed by atoms with Gasteiger partial charge in [0.25, 0.3) is 0 Å². The van der Waals surface area contributed by atoms with Gasteiger partial charge in [-0.05, 0) is 25.8 Å². The molecule has 0 aromatic heterocycles. The van der Waals surface area contributed by atoms with Gasteiger partial charge in [0.15, 0.2) is 0 Å². The fraction of sp³-hybridized carbons (Fsp3) is 0.562. The van der Waals surface area contributed by atoms with Gasteiger partial charge >= 0.3 is 6.18 Å². The molecule has 23 heavy (non-hydrogen) atoms. The van der Waals surface area contributed by atoms with Gasteiger partial charge in [-0.1, -0.05) is 36.8 Å². The zero-order valence-electron chi connectivity index (χ0n) is 13.6. The van der Waals surface area contributed by atoms with E-state index in [4.69, 9.17) is 5.73 Å². The van der Waals surface area contributed by atoms with Crippen LogP contribution in [0, 0.1) is 12.8 Å². The smallest absolute Gasteiger partial charge is 0.333 e. The van der Waals surface area contributed by atoms with Crippen molar-refractivity contribution in [2.45, 2.75) is 39.4 Å². The second-order valence-electron chi connectivity index (χ2n) is 5.76. The second kappa shape index (κ2) is 9.13. The highest BCUT2D eigenvalue weighted by molar-refractivity contribution is 5.85. The summed E-state index contributed by atoms with van der Waals surface area (Å²) in [6.45, 7) is 3.90. The van der Waals surface area contributed by atoms with Crippen LogP contribution in [0.5, 0.6) is 0 Å². The Morgan fingerprint density at radius 3 is 2.17 bits per heavy atom. The van der Waals surface area contributed by atoms with E-state index in [1.54, 1.807) is 13.8 Å². The molecule has 0 aliphatic rings. The number of rotatable bonds is 6. The van der Waals surface area contributed by atoms with Gasteiger partial charge in [0.2, 0.25) is 5.91 Å². The molecule has 2 atom stereocenters. The summed E-state index contributed by atoms with van der Waals surface area (Å²) in [6.07, 6.45) is -4.03. The molecule has 7 heteroatoms. The molecular weight excluding hydrogens is 329 g/mol. The van der Waals surface area contributed by atoms with Crippen LogP contribution in [0.4, 0.5) is 13.2 Å². The predicted molar refractivity (Wildman–Crippen MR) is 87.6 cm³/mol. The van der Waals surface area contributed by atoms with Gasteiger partial charge in [-0.15, -0.1) is 12.4 Å². The zero-order valence-corrected chi connectivity index (χ0v) is 14.4. The fourth-order valence-electron chi connectivity index (χ4n) is 2.02. The topological polar surface area (TPSA) is 46.3 Å². The molecule has 0 saturated heterocycles. The highest BCUT2D eigenvalue weighted by Gasteiger charge is 2.34. The first-order valence-corrected chi connectivity index (χ1v) is 7.27. The number of hydrogen-bond acceptors (Lipinski definition) is 2. The average molecular weight is 353 g/mol. The zero-order chi connectivity index (χ0) is 16.9. The van der Waals surface area contributed by atoms with Crippen molar-refractivity contribution in [2.75, 3.05) is 13.1 Å². The summed E-state index contributed by atoms with van der Waals surface area (Å²) >= 11 is 0. The van der Waals surface area contributed by atoms with Gasteiger partial charge in [0.05, 0.1) is 5.92 Å². The van der Waals surface area contributed by atoms with Crippen molar-refractivity contribution in [3.8, 4) is 0 Å². The summed E-state index contributed by atoms with van der Waals surface area (Å²) in [6, 6.07) is 7.04. The number of carbonyl (C=O) groups is 1. The van der Waals surface area contributed by atoms with E-state index in [2.05, 4.69) is 0 Å². The van der Waals surface area contributed by atoms with E-state index in [1.165, 1.54) is 0 Å². The Balaban J connectivity index is 0.00000484. The van der Waals surface area contributed by atoms with Crippen LogP contribution in [0.3, 0.4) is 0 Å². The molecule has 1 rings (SSSR count). The molecule has 3 nitrogen and oxygen atoms in total. The van der Waals surface area contributed by atoms with Gasteiger partial charge in [0, 0.05) is 12.6 Å². The Bertz CT molecular complexity index is 489. The number of nitrogens with two attached hydrogens (primary N) is 1. The lowest BCUT2D eigenvalue weighted by Gasteiger charge is -2.28. The Hall–Kier alpha value is -1.27. The first kappa shape index (κ1) is 21.7. The molecule has 1 aromatic rings. The molecule has 0 bridgehead atoms. The molecule has 132 valence electrons. The molecule has 1 amide bonds. The minimum absolute atomic E-state index is 0. The van der Waals surface area contributed by atoms with Crippen LogP contribution in [0.25, 0.3) is 0 Å². The van der Waals surface area contributed by atoms with E-state index in [1.807, 2.05) is 31.2 Å². The Morgan fingerprint density at radius 1 is 1.22 bits per heavy atom. The summed E-state index contributed by atoms with van der Waals surface area (Å²) in [4.78, 5) is 13.0. The van der Waals surface area contributed by atoms with Crippen LogP contribution in [0.2, 0.25) is 0 Å². The first-order valence-electron chi connectivity index (χ1n) is 7.27. The van der Waals surface area contributed by atoms with Gasteiger partial charge in [0.1, 0.15) is 6.54 Å². The second-order valence-corrected chi connectivity index (χ2v) is 5.76. The molecule has 1 aromatic carbocycles. The van der Waals surface area contributed by atoms with Crippen molar-refractivity contribution < 1.29 is 18.0 Å². The quantitative estimate of drug-likeness (QED) is 0.853. The highest BCUT2D eigenvalue weighted by Crippen LogP contribution is 2.19. The largest absolute Gasteiger partial charge is 0.406 e. The Kier molecular flexibility index (Phi) is 8.63. The summed E-state index contributed by atoms with van der Waals surface area (Å²) in [7, 11) is 0. The third-order valence-electron chi connectivity index (χ3n) is 3.65. The number of aryl methyl sites for hydroxylation is 1. The molecule has 0 radical (unpaired) electrons. The molecular formula is C16H24ClF3N2O. The maximum Gasteiger partial charge on any atom is 0.406 e. The molecule has 0 saturated carbocycles. The lowest BCUT2D eigenvalue weighted by Crippen LogP contribution is -2.46. The summed E-state index contributed by atoms with van der Waals surface area (Å²) in [5.41, 5.74) is 7.62. The molecule has 0 aliphatic heterocycles. The number of halogens is 4. The predicted octanol–water partition coefficient (Wildman–Crippen LogP) is 3.33. The third-order valence-corrected chi connectivity index (χ3v) is 3.65. The van der Waals surface area contributed by atoms with Crippen LogP contribution >= 0.6 is 12.4 Å². The molecule has 0 heterocycles. The van der Waals surface area contributed by atoms with Crippen molar-refractivity contribution in [2.24, 2.45) is 11.7 Å². The molecule has 0 fully saturated rings. The maximum atomic E-state index is 12.7. The number of amides is 1. The van der Waals surface area contributed by atoms with E-state index < -0.39 is 30.6 Å². The van der Waals surface area contributed by atoms with Crippen molar-refractivity contribution in [1.29, 1.82) is 0 Å². The van der Waals surface area contributed by atoms with E-state index in [9.17, 15) is 18.0 Å². The number of alkyl halides is 3. The van der Waals surface area contributed by atoms with Crippen LogP contribution in [-0.4, -0.2) is 36.1 Å². The molecule has 2 N–H and O–H groups in total. The average Bonchev–Trinajstić information content (AvgIpc) is 2.42. The fourth-order valence-corrected chi connectivity index (χ4v) is 2.02. The normalized spacial score (nSPS) is 13.9. The van der Waals surface area contributed by atoms with Crippen LogP contribution < -0.4 is 5.73 Å². The van der Waals surface area contributed by atoms with Crippen molar-refractivity contribution >= 4 is 18.3 Å². The standard InChI is InChI=1S/C16H23F3N2O.ClH/c1-11-4-6-14(7-5-11)8-9-21(10-16(17,18)19)15(22)12(2)13(3)20;/h4-7,12-13H,8-10,20H2,1-3H3;1H. The van der Waals surface area contributed by atoms with E-state index in [0.717, 1.165) is 16.0 Å². The summed E-state index contributed by atoms with van der Waals surface area (Å²) in [5.74, 6) is -1.19. The molecule has 2 unspecified atom stereocenters. The first-order chi connectivity index (χ1) is 10.1. The summed E-state index contributed by atoms with van der Waals surface area (Å²) < 4.78 is 38.1. The minimum Gasteiger partial charge on any atom is -0.333 e. The van der Waals surface area contributed by atoms with Crippen molar-refractivity contribution in [3.05, 3.63) is 35.4 Å². The number of hydrogen-bond donors (Lipinski definition) is 1. The number of benzene rings is 1. The van der Waals surface area contributed by atoms with Crippen LogP contribution in [-0.2, 0) is 11.2 Å². The lowest BCUT2D eigenvalue weighted by atomic mass is 10.0. The van der Waals surface area contributed by atoms with Gasteiger partial charge in [-0.3, -0.25) is 4.79 Å². The maximum absolute atomic E-state index is 12.7. The molecule has 0 aliphatic carbocycles. The minimum atomic E-state index is -4.42. The van der Waals surface area contributed by atoms with Gasteiger partial charge in [-0.25, -0.2) is 0 Å². The SMILES string of the molecule is Cc1ccc(CCN(CC(F)(F)F)C(=O)C(C)C(C)N)cc1.Cl. The number of carbonyl (C=O) groups excluding carboxylic acids is 1. The van der Waals surface area contributed by atoms with E-state index in [-0.39, 0.29) is 19.0 Å². The van der Waals surface area contributed by atoms with Gasteiger partial charge in [-0.2, -0.15) is 13.2 Å². The van der Waals surface area contributed by atoms with Crippen molar-refractivity contribution in [1.82, 2.24) is 4.90 Å². The summed E-state index contributed by atoms with van der Waals surface area (Å²) in [5, 5.41) is 0. The van der Waals surface area contributed by atoms with Gasteiger partial charge < -0.3 is 10.6 Å². The Morgan fingerprint density at radius 2 is 1.74 bits per heavy atom. The van der Waals surface area contributed by atoms with Crippen LogP contribution in [0.1, 0.15) is 25.0 Å². The van der Waals surface area contributed by atoms with E-state index in [0.29, 0.717) is 6.42 Å². The van der Waals surface area contributed by atoms with E-state index >= 15 is 0 Å². The number of nitrogens with zero attached hydrogens (tertiary/aromatic N) is 1. The lowest BCUT2D eigenvalue weighted by molar-refractivity contribution is -0.163. The van der Waals surface area contributed by atoms with Crippen molar-refractivity contribution in [3.63, 3.8) is 0 Å². The molecule has 0 spiro atoms. The third kappa shape index (κ3) is 7.70. The monoisotopic (exact) mass is 352 g/mol.